The van der Waals surface area contributed by atoms with Gasteiger partial charge in [0.25, 0.3) is 5.91 Å². The van der Waals surface area contributed by atoms with Gasteiger partial charge in [-0.05, 0) is 59.9 Å². The number of carbonyl (C=O) groups is 2. The number of nitrogens with zero attached hydrogens (tertiary/aromatic N) is 1. The third kappa shape index (κ3) is 5.19. The second kappa shape index (κ2) is 9.40. The van der Waals surface area contributed by atoms with Crippen LogP contribution in [0.3, 0.4) is 0 Å². The summed E-state index contributed by atoms with van der Waals surface area (Å²) in [4.78, 5) is 26.9. The molecule has 0 bridgehead atoms. The zero-order valence-corrected chi connectivity index (χ0v) is 18.5. The van der Waals surface area contributed by atoms with Crippen molar-refractivity contribution in [1.29, 1.82) is 0 Å². The molecule has 2 N–H and O–H groups in total. The molecule has 4 rings (SSSR count). The van der Waals surface area contributed by atoms with Crippen molar-refractivity contribution in [3.63, 3.8) is 0 Å². The number of primary sulfonamides is 1. The summed E-state index contributed by atoms with van der Waals surface area (Å²) in [6, 6.07) is 21.1. The molecule has 1 heterocycles. The van der Waals surface area contributed by atoms with Crippen LogP contribution in [0.2, 0.25) is 0 Å². The Morgan fingerprint density at radius 1 is 0.879 bits per heavy atom. The maximum atomic E-state index is 13.1. The Balaban J connectivity index is 1.47. The lowest BCUT2D eigenvalue weighted by Gasteiger charge is -2.24. The molecule has 0 aromatic heterocycles. The molecule has 0 fully saturated rings. The number of para-hydroxylation sites is 2. The van der Waals surface area contributed by atoms with Gasteiger partial charge in [-0.2, -0.15) is 0 Å². The second-order valence-electron chi connectivity index (χ2n) is 7.54. The van der Waals surface area contributed by atoms with Crippen LogP contribution in [0.25, 0.3) is 6.08 Å². The van der Waals surface area contributed by atoms with E-state index in [1.165, 1.54) is 36.4 Å². The fourth-order valence-corrected chi connectivity index (χ4v) is 4.24. The van der Waals surface area contributed by atoms with Gasteiger partial charge in [-0.15, -0.1) is 0 Å². The molecule has 0 saturated heterocycles. The molecule has 0 unspecified atom stereocenters. The van der Waals surface area contributed by atoms with E-state index in [0.29, 0.717) is 5.56 Å². The Morgan fingerprint density at radius 2 is 1.42 bits per heavy atom. The number of carbonyl (C=O) groups excluding carboxylic acids is 2. The van der Waals surface area contributed by atoms with E-state index in [9.17, 15) is 18.0 Å². The van der Waals surface area contributed by atoms with Crippen molar-refractivity contribution in [1.82, 2.24) is 0 Å². The highest BCUT2D eigenvalue weighted by Crippen LogP contribution is 2.35. The van der Waals surface area contributed by atoms with E-state index in [4.69, 9.17) is 9.88 Å². The zero-order valence-electron chi connectivity index (χ0n) is 17.7. The van der Waals surface area contributed by atoms with Crippen molar-refractivity contribution in [2.24, 2.45) is 5.14 Å². The lowest BCUT2D eigenvalue weighted by Crippen LogP contribution is -2.31. The normalized spacial score (nSPS) is 13.2. The van der Waals surface area contributed by atoms with Gasteiger partial charge >= 0.3 is 5.97 Å². The van der Waals surface area contributed by atoms with E-state index in [2.05, 4.69) is 0 Å². The van der Waals surface area contributed by atoms with Crippen molar-refractivity contribution < 1.29 is 22.7 Å². The summed E-state index contributed by atoms with van der Waals surface area (Å²) in [6.07, 6.45) is 4.27. The zero-order chi connectivity index (χ0) is 23.4. The molecule has 8 heteroatoms. The third-order valence-electron chi connectivity index (χ3n) is 5.34. The van der Waals surface area contributed by atoms with Crippen molar-refractivity contribution >= 4 is 39.4 Å². The van der Waals surface area contributed by atoms with Gasteiger partial charge in [0.2, 0.25) is 10.0 Å². The summed E-state index contributed by atoms with van der Waals surface area (Å²) in [5.74, 6) is -1.04. The molecule has 1 aliphatic rings. The molecular weight excluding hydrogens is 440 g/mol. The van der Waals surface area contributed by atoms with E-state index >= 15 is 0 Å². The summed E-state index contributed by atoms with van der Waals surface area (Å²) >= 11 is 0. The van der Waals surface area contributed by atoms with Gasteiger partial charge < -0.3 is 4.74 Å². The number of sulfonamides is 1. The molecule has 1 aliphatic heterocycles. The highest BCUT2D eigenvalue weighted by molar-refractivity contribution is 7.89. The maximum Gasteiger partial charge on any atom is 0.331 e. The van der Waals surface area contributed by atoms with Gasteiger partial charge in [-0.3, -0.25) is 9.69 Å². The van der Waals surface area contributed by atoms with Crippen molar-refractivity contribution in [2.75, 3.05) is 11.5 Å². The van der Waals surface area contributed by atoms with Gasteiger partial charge in [-0.1, -0.05) is 48.5 Å². The lowest BCUT2D eigenvalue weighted by atomic mass is 10.0. The Morgan fingerprint density at radius 3 is 1.97 bits per heavy atom. The molecule has 3 aromatic carbocycles. The molecule has 168 valence electrons. The highest BCUT2D eigenvalue weighted by atomic mass is 32.2. The molecule has 0 aliphatic carbocycles. The molecule has 3 aromatic rings. The number of anilines is 2. The molecule has 0 atom stereocenters. The van der Waals surface area contributed by atoms with Crippen LogP contribution in [-0.4, -0.2) is 26.9 Å². The van der Waals surface area contributed by atoms with E-state index in [1.54, 1.807) is 4.90 Å². The first-order chi connectivity index (χ1) is 15.8. The largest absolute Gasteiger partial charge is 0.452 e. The van der Waals surface area contributed by atoms with Crippen LogP contribution in [0.5, 0.6) is 0 Å². The number of amides is 1. The lowest BCUT2D eigenvalue weighted by molar-refractivity contribution is -0.142. The SMILES string of the molecule is NS(=O)(=O)c1ccc(/C=C/C(=O)OCC(=O)N2c3ccccc3CCc3ccccc32)cc1. The summed E-state index contributed by atoms with van der Waals surface area (Å²) in [5.41, 5.74) is 4.26. The van der Waals surface area contributed by atoms with Crippen LogP contribution in [0.4, 0.5) is 11.4 Å². The number of esters is 1. The molecule has 7 nitrogen and oxygen atoms in total. The Bertz CT molecular complexity index is 1280. The highest BCUT2D eigenvalue weighted by Gasteiger charge is 2.26. The summed E-state index contributed by atoms with van der Waals surface area (Å²) in [7, 11) is -3.78. The number of fused-ring (bicyclic) bond motifs is 2. The first-order valence-electron chi connectivity index (χ1n) is 10.3. The molecular formula is C25H22N2O5S. The average molecular weight is 463 g/mol. The molecule has 0 saturated carbocycles. The topological polar surface area (TPSA) is 107 Å². The number of hydrogen-bond donors (Lipinski definition) is 1. The van der Waals surface area contributed by atoms with Crippen molar-refractivity contribution in [3.05, 3.63) is 95.6 Å². The van der Waals surface area contributed by atoms with Crippen LogP contribution < -0.4 is 10.0 Å². The maximum absolute atomic E-state index is 13.1. The van der Waals surface area contributed by atoms with Crippen LogP contribution >= 0.6 is 0 Å². The fourth-order valence-electron chi connectivity index (χ4n) is 3.73. The monoisotopic (exact) mass is 462 g/mol. The number of aryl methyl sites for hydroxylation is 2. The van der Waals surface area contributed by atoms with Crippen LogP contribution in [-0.2, 0) is 37.2 Å². The predicted molar refractivity (Wildman–Crippen MR) is 125 cm³/mol. The van der Waals surface area contributed by atoms with Crippen molar-refractivity contribution in [2.45, 2.75) is 17.7 Å². The number of hydrogen-bond acceptors (Lipinski definition) is 5. The van der Waals surface area contributed by atoms with Crippen LogP contribution in [0, 0.1) is 0 Å². The number of ether oxygens (including phenoxy) is 1. The quantitative estimate of drug-likeness (QED) is 0.462. The Hall–Kier alpha value is -3.75. The van der Waals surface area contributed by atoms with Gasteiger partial charge in [0, 0.05) is 6.08 Å². The van der Waals surface area contributed by atoms with Gasteiger partial charge in [0.15, 0.2) is 6.61 Å². The second-order valence-corrected chi connectivity index (χ2v) is 9.10. The third-order valence-corrected chi connectivity index (χ3v) is 6.27. The molecule has 1 amide bonds. The first-order valence-corrected chi connectivity index (χ1v) is 11.8. The smallest absolute Gasteiger partial charge is 0.331 e. The molecule has 0 radical (unpaired) electrons. The first kappa shape index (κ1) is 22.4. The summed E-state index contributed by atoms with van der Waals surface area (Å²) in [6.45, 7) is -0.420. The van der Waals surface area contributed by atoms with Gasteiger partial charge in [0.1, 0.15) is 0 Å². The van der Waals surface area contributed by atoms with E-state index in [1.807, 2.05) is 48.5 Å². The number of nitrogens with two attached hydrogens (primary N) is 1. The fraction of sp³-hybridized carbons (Fsp3) is 0.120. The van der Waals surface area contributed by atoms with Gasteiger partial charge in [-0.25, -0.2) is 18.4 Å². The Kier molecular flexibility index (Phi) is 6.39. The number of benzene rings is 3. The minimum atomic E-state index is -3.78. The molecule has 33 heavy (non-hydrogen) atoms. The predicted octanol–water partition coefficient (Wildman–Crippen LogP) is 3.35. The van der Waals surface area contributed by atoms with E-state index < -0.39 is 22.6 Å². The van der Waals surface area contributed by atoms with E-state index in [-0.39, 0.29) is 10.8 Å². The van der Waals surface area contributed by atoms with Crippen LogP contribution in [0.1, 0.15) is 16.7 Å². The van der Waals surface area contributed by atoms with Crippen LogP contribution in [0.15, 0.2) is 83.8 Å². The minimum absolute atomic E-state index is 0.0224. The summed E-state index contributed by atoms with van der Waals surface area (Å²) < 4.78 is 27.8. The summed E-state index contributed by atoms with van der Waals surface area (Å²) in [5, 5.41) is 5.07. The van der Waals surface area contributed by atoms with E-state index in [0.717, 1.165) is 35.3 Å². The molecule has 0 spiro atoms. The van der Waals surface area contributed by atoms with Gasteiger partial charge in [0.05, 0.1) is 16.3 Å². The van der Waals surface area contributed by atoms with Crippen molar-refractivity contribution in [3.8, 4) is 0 Å². The minimum Gasteiger partial charge on any atom is -0.452 e. The standard InChI is InChI=1S/C25H22N2O5S/c26-33(30,31)21-14-9-18(10-15-21)11-16-25(29)32-17-24(28)27-22-7-3-1-5-19(22)12-13-20-6-2-4-8-23(20)27/h1-11,14-16H,12-13,17H2,(H2,26,30,31)/b16-11+. The number of rotatable bonds is 5. The average Bonchev–Trinajstić information content (AvgIpc) is 2.98. The Labute approximate surface area is 192 Å².